The zero-order valence-electron chi connectivity index (χ0n) is 7.11. The van der Waals surface area contributed by atoms with Crippen LogP contribution in [-0.4, -0.2) is 68.3 Å². The van der Waals surface area contributed by atoms with Crippen LogP contribution in [0.5, 0.6) is 0 Å². The molecular weight excluding hydrogens is 182 g/mol. The van der Waals surface area contributed by atoms with E-state index in [9.17, 15) is 0 Å². The van der Waals surface area contributed by atoms with Crippen molar-refractivity contribution in [2.75, 3.05) is 13.2 Å². The lowest BCUT2D eigenvalue weighted by atomic mass is 10.0. The maximum Gasteiger partial charge on any atom is 0.111 e. The molecule has 9 N–H and O–H groups in total. The summed E-state index contributed by atoms with van der Waals surface area (Å²) in [5.74, 6) is 0. The van der Waals surface area contributed by atoms with Gasteiger partial charge in [-0.1, -0.05) is 0 Å². The molecule has 0 saturated carbocycles. The lowest BCUT2D eigenvalue weighted by Gasteiger charge is -2.24. The standard InChI is InChI=1S/C6H14O6.H3N/c7-1-3(9)5(11)6(12)4(10)2-8;/h3-12H,1-2H2;1H3/t3-,4-,5-,6-;/m1./s1. The second-order valence-corrected chi connectivity index (χ2v) is 2.48. The Kier molecular flexibility index (Phi) is 8.37. The van der Waals surface area contributed by atoms with Gasteiger partial charge in [-0.25, -0.2) is 0 Å². The van der Waals surface area contributed by atoms with E-state index < -0.39 is 37.6 Å². The molecule has 0 aliphatic rings. The van der Waals surface area contributed by atoms with Crippen molar-refractivity contribution in [3.8, 4) is 0 Å². The van der Waals surface area contributed by atoms with Crippen LogP contribution in [0.1, 0.15) is 0 Å². The van der Waals surface area contributed by atoms with E-state index in [2.05, 4.69) is 0 Å². The van der Waals surface area contributed by atoms with Gasteiger partial charge >= 0.3 is 0 Å². The van der Waals surface area contributed by atoms with Gasteiger partial charge < -0.3 is 36.8 Å². The van der Waals surface area contributed by atoms with Crippen molar-refractivity contribution >= 4 is 0 Å². The number of rotatable bonds is 5. The van der Waals surface area contributed by atoms with Crippen LogP contribution in [0, 0.1) is 0 Å². The normalized spacial score (nSPS) is 19.8. The fourth-order valence-corrected chi connectivity index (χ4v) is 0.671. The Balaban J connectivity index is 0. The third kappa shape index (κ3) is 4.48. The molecule has 4 atom stereocenters. The molecule has 0 aliphatic carbocycles. The molecule has 7 nitrogen and oxygen atoms in total. The molecule has 13 heavy (non-hydrogen) atoms. The van der Waals surface area contributed by atoms with Gasteiger partial charge in [0.1, 0.15) is 24.4 Å². The Morgan fingerprint density at radius 2 is 0.923 bits per heavy atom. The van der Waals surface area contributed by atoms with E-state index >= 15 is 0 Å². The third-order valence-corrected chi connectivity index (χ3v) is 1.51. The Labute approximate surface area is 75.5 Å². The van der Waals surface area contributed by atoms with Crippen LogP contribution in [0.3, 0.4) is 0 Å². The highest BCUT2D eigenvalue weighted by Gasteiger charge is 2.29. The van der Waals surface area contributed by atoms with Crippen LogP contribution in [-0.2, 0) is 0 Å². The summed E-state index contributed by atoms with van der Waals surface area (Å²) >= 11 is 0. The molecule has 0 aromatic rings. The molecule has 0 spiro atoms. The number of aliphatic hydroxyl groups excluding tert-OH is 6. The highest BCUT2D eigenvalue weighted by atomic mass is 16.4. The fourth-order valence-electron chi connectivity index (χ4n) is 0.671. The lowest BCUT2D eigenvalue weighted by molar-refractivity contribution is -0.123. The van der Waals surface area contributed by atoms with E-state index in [1.165, 1.54) is 0 Å². The van der Waals surface area contributed by atoms with Crippen molar-refractivity contribution in [2.45, 2.75) is 24.4 Å². The summed E-state index contributed by atoms with van der Waals surface area (Å²) in [6, 6.07) is 0. The van der Waals surface area contributed by atoms with Crippen molar-refractivity contribution in [2.24, 2.45) is 0 Å². The molecule has 0 unspecified atom stereocenters. The van der Waals surface area contributed by atoms with Crippen LogP contribution in [0.2, 0.25) is 0 Å². The molecule has 0 saturated heterocycles. The highest BCUT2D eigenvalue weighted by Crippen LogP contribution is 2.03. The van der Waals surface area contributed by atoms with E-state index in [0.29, 0.717) is 0 Å². The fraction of sp³-hybridized carbons (Fsp3) is 1.00. The molecule has 0 aliphatic heterocycles. The zero-order chi connectivity index (χ0) is 9.72. The number of hydrogen-bond acceptors (Lipinski definition) is 7. The van der Waals surface area contributed by atoms with Gasteiger partial charge in [0.05, 0.1) is 13.2 Å². The van der Waals surface area contributed by atoms with E-state index in [1.807, 2.05) is 0 Å². The Morgan fingerprint density at radius 3 is 1.08 bits per heavy atom. The maximum atomic E-state index is 8.96. The van der Waals surface area contributed by atoms with Crippen LogP contribution in [0.4, 0.5) is 0 Å². The van der Waals surface area contributed by atoms with Gasteiger partial charge in [0.15, 0.2) is 0 Å². The molecule has 82 valence electrons. The van der Waals surface area contributed by atoms with E-state index in [1.54, 1.807) is 0 Å². The zero-order valence-corrected chi connectivity index (χ0v) is 7.11. The largest absolute Gasteiger partial charge is 0.394 e. The van der Waals surface area contributed by atoms with Crippen molar-refractivity contribution in [3.63, 3.8) is 0 Å². The quantitative estimate of drug-likeness (QED) is 0.243. The first-order valence-electron chi connectivity index (χ1n) is 3.48. The minimum atomic E-state index is -1.67. The summed E-state index contributed by atoms with van der Waals surface area (Å²) in [5.41, 5.74) is 0. The van der Waals surface area contributed by atoms with Crippen molar-refractivity contribution in [1.82, 2.24) is 6.15 Å². The topological polar surface area (TPSA) is 156 Å². The van der Waals surface area contributed by atoms with E-state index in [4.69, 9.17) is 30.6 Å². The molecule has 0 aromatic heterocycles. The minimum Gasteiger partial charge on any atom is -0.394 e. The molecule has 7 heteroatoms. The Bertz CT molecular complexity index is 110. The SMILES string of the molecule is N.OC[C@@H](O)[C@@H](O)[C@H](O)[C@H](O)CO. The predicted molar refractivity (Wildman–Crippen MR) is 43.2 cm³/mol. The molecule has 0 radical (unpaired) electrons. The van der Waals surface area contributed by atoms with Gasteiger partial charge in [-0.2, -0.15) is 0 Å². The van der Waals surface area contributed by atoms with Gasteiger partial charge in [0.25, 0.3) is 0 Å². The summed E-state index contributed by atoms with van der Waals surface area (Å²) in [6.45, 7) is -1.45. The van der Waals surface area contributed by atoms with Crippen LogP contribution in [0.15, 0.2) is 0 Å². The van der Waals surface area contributed by atoms with Crippen LogP contribution in [0.25, 0.3) is 0 Å². The second-order valence-electron chi connectivity index (χ2n) is 2.48. The van der Waals surface area contributed by atoms with Crippen LogP contribution >= 0.6 is 0 Å². The lowest BCUT2D eigenvalue weighted by Crippen LogP contribution is -2.46. The van der Waals surface area contributed by atoms with Crippen LogP contribution < -0.4 is 6.15 Å². The van der Waals surface area contributed by atoms with Gasteiger partial charge in [-0.3, -0.25) is 0 Å². The van der Waals surface area contributed by atoms with Gasteiger partial charge in [0, 0.05) is 0 Å². The first-order chi connectivity index (χ1) is 5.54. The molecule has 0 heterocycles. The first-order valence-corrected chi connectivity index (χ1v) is 3.48. The molecule has 0 bridgehead atoms. The molecule has 0 amide bonds. The van der Waals surface area contributed by atoms with Gasteiger partial charge in [-0.15, -0.1) is 0 Å². The average Bonchev–Trinajstić information content (AvgIpc) is 2.12. The molecule has 0 aromatic carbocycles. The summed E-state index contributed by atoms with van der Waals surface area (Å²) in [7, 11) is 0. The Morgan fingerprint density at radius 1 is 0.692 bits per heavy atom. The van der Waals surface area contributed by atoms with Crippen molar-refractivity contribution < 1.29 is 30.6 Å². The summed E-state index contributed by atoms with van der Waals surface area (Å²) in [4.78, 5) is 0. The predicted octanol–water partition coefficient (Wildman–Crippen LogP) is -3.42. The Hall–Kier alpha value is -0.280. The van der Waals surface area contributed by atoms with E-state index in [0.717, 1.165) is 0 Å². The monoisotopic (exact) mass is 199 g/mol. The molecular formula is C6H17NO6. The second kappa shape index (κ2) is 7.15. The van der Waals surface area contributed by atoms with Crippen molar-refractivity contribution in [3.05, 3.63) is 0 Å². The smallest absolute Gasteiger partial charge is 0.111 e. The molecule has 0 rings (SSSR count). The van der Waals surface area contributed by atoms with Crippen molar-refractivity contribution in [1.29, 1.82) is 0 Å². The average molecular weight is 199 g/mol. The third-order valence-electron chi connectivity index (χ3n) is 1.51. The summed E-state index contributed by atoms with van der Waals surface area (Å²) in [6.07, 6.45) is -6.39. The molecule has 0 fully saturated rings. The maximum absolute atomic E-state index is 8.96. The summed E-state index contributed by atoms with van der Waals surface area (Å²) in [5, 5.41) is 52.2. The first kappa shape index (κ1) is 15.2. The number of hydrogen-bond donors (Lipinski definition) is 7. The van der Waals surface area contributed by atoms with Gasteiger partial charge in [-0.05, 0) is 0 Å². The van der Waals surface area contributed by atoms with Gasteiger partial charge in [0.2, 0.25) is 0 Å². The summed E-state index contributed by atoms with van der Waals surface area (Å²) < 4.78 is 0. The minimum absolute atomic E-state index is 0. The highest BCUT2D eigenvalue weighted by molar-refractivity contribution is 4.79. The number of aliphatic hydroxyl groups is 6. The van der Waals surface area contributed by atoms with E-state index in [-0.39, 0.29) is 6.15 Å².